The lowest BCUT2D eigenvalue weighted by molar-refractivity contribution is 0.673. The molecule has 1 aliphatic heterocycles. The summed E-state index contributed by atoms with van der Waals surface area (Å²) in [6.45, 7) is 2.27. The van der Waals surface area contributed by atoms with Gasteiger partial charge in [-0.05, 0) is 28.8 Å². The van der Waals surface area contributed by atoms with Crippen LogP contribution in [-0.4, -0.2) is 26.7 Å². The highest BCUT2D eigenvalue weighted by atomic mass is 79.9. The molecule has 2 nitrogen and oxygen atoms in total. The van der Waals surface area contributed by atoms with E-state index in [9.17, 15) is 0 Å². The largest absolute Gasteiger partial charge is 0.235 e. The third-order valence-electron chi connectivity index (χ3n) is 4.04. The number of aromatic nitrogens is 2. The zero-order valence-electron chi connectivity index (χ0n) is 11.4. The number of halogens is 2. The Morgan fingerprint density at radius 2 is 1.85 bits per heavy atom. The summed E-state index contributed by atoms with van der Waals surface area (Å²) in [6, 6.07) is 0. The SMILES string of the molecule is CC1SCCSC1c1nc(Cl)c(Br)c(C2CCCC2)n1. The molecule has 1 aromatic heterocycles. The van der Waals surface area contributed by atoms with Gasteiger partial charge in [0.15, 0.2) is 0 Å². The molecule has 2 heterocycles. The minimum absolute atomic E-state index is 0.375. The van der Waals surface area contributed by atoms with E-state index in [-0.39, 0.29) is 0 Å². The van der Waals surface area contributed by atoms with Crippen molar-refractivity contribution < 1.29 is 0 Å². The molecule has 2 atom stereocenters. The number of thioether (sulfide) groups is 2. The van der Waals surface area contributed by atoms with Gasteiger partial charge in [0.1, 0.15) is 11.0 Å². The topological polar surface area (TPSA) is 25.8 Å². The molecule has 1 saturated carbocycles. The number of hydrogen-bond acceptors (Lipinski definition) is 4. The Morgan fingerprint density at radius 1 is 1.15 bits per heavy atom. The third-order valence-corrected chi connectivity index (χ3v) is 8.41. The van der Waals surface area contributed by atoms with Crippen LogP contribution in [0, 0.1) is 0 Å². The van der Waals surface area contributed by atoms with E-state index in [0.29, 0.717) is 21.6 Å². The minimum Gasteiger partial charge on any atom is -0.235 e. The summed E-state index contributed by atoms with van der Waals surface area (Å²) in [4.78, 5) is 9.46. The summed E-state index contributed by atoms with van der Waals surface area (Å²) >= 11 is 13.9. The molecule has 3 rings (SSSR count). The standard InChI is InChI=1S/C14H18BrClN2S2/c1-8-12(20-7-6-19-8)14-17-11(9-4-2-3-5-9)10(15)13(16)18-14/h8-9,12H,2-7H2,1H3. The first-order valence-electron chi connectivity index (χ1n) is 7.13. The second kappa shape index (κ2) is 6.76. The van der Waals surface area contributed by atoms with E-state index in [4.69, 9.17) is 16.6 Å². The highest BCUT2D eigenvalue weighted by molar-refractivity contribution is 9.10. The minimum atomic E-state index is 0.375. The van der Waals surface area contributed by atoms with E-state index in [0.717, 1.165) is 16.0 Å². The van der Waals surface area contributed by atoms with Crippen LogP contribution in [0.25, 0.3) is 0 Å². The molecule has 2 unspecified atom stereocenters. The fourth-order valence-corrected chi connectivity index (χ4v) is 6.34. The van der Waals surface area contributed by atoms with Crippen molar-refractivity contribution >= 4 is 51.1 Å². The first-order chi connectivity index (χ1) is 9.66. The van der Waals surface area contributed by atoms with Crippen LogP contribution in [0.5, 0.6) is 0 Å². The average molecular weight is 394 g/mol. The lowest BCUT2D eigenvalue weighted by Gasteiger charge is -2.27. The van der Waals surface area contributed by atoms with Crippen molar-refractivity contribution in [3.8, 4) is 0 Å². The van der Waals surface area contributed by atoms with Gasteiger partial charge in [0, 0.05) is 22.7 Å². The van der Waals surface area contributed by atoms with E-state index < -0.39 is 0 Å². The molecule has 1 aliphatic carbocycles. The van der Waals surface area contributed by atoms with Gasteiger partial charge in [-0.15, -0.1) is 11.8 Å². The molecular weight excluding hydrogens is 376 g/mol. The summed E-state index contributed by atoms with van der Waals surface area (Å²) in [5.74, 6) is 3.89. The van der Waals surface area contributed by atoms with Crippen LogP contribution in [0.1, 0.15) is 55.3 Å². The molecule has 0 N–H and O–H groups in total. The summed E-state index contributed by atoms with van der Waals surface area (Å²) in [7, 11) is 0. The highest BCUT2D eigenvalue weighted by Gasteiger charge is 2.30. The average Bonchev–Trinajstić information content (AvgIpc) is 2.96. The van der Waals surface area contributed by atoms with Gasteiger partial charge in [0.25, 0.3) is 0 Å². The van der Waals surface area contributed by atoms with Crippen LogP contribution < -0.4 is 0 Å². The van der Waals surface area contributed by atoms with Crippen molar-refractivity contribution in [2.45, 2.75) is 49.0 Å². The Hall–Kier alpha value is 0.550. The fourth-order valence-electron chi connectivity index (χ4n) is 2.97. The van der Waals surface area contributed by atoms with Gasteiger partial charge in [-0.25, -0.2) is 9.97 Å². The van der Waals surface area contributed by atoms with E-state index in [2.05, 4.69) is 27.8 Å². The molecule has 6 heteroatoms. The Balaban J connectivity index is 1.95. The molecule has 20 heavy (non-hydrogen) atoms. The summed E-state index contributed by atoms with van der Waals surface area (Å²) < 4.78 is 0.913. The number of hydrogen-bond donors (Lipinski definition) is 0. The molecule has 2 fully saturated rings. The smallest absolute Gasteiger partial charge is 0.147 e. The van der Waals surface area contributed by atoms with E-state index in [1.54, 1.807) is 0 Å². The van der Waals surface area contributed by atoms with Crippen molar-refractivity contribution in [3.05, 3.63) is 21.1 Å². The molecule has 0 bridgehead atoms. The van der Waals surface area contributed by atoms with Crippen molar-refractivity contribution in [3.63, 3.8) is 0 Å². The predicted octanol–water partition coefficient (Wildman–Crippen LogP) is 5.46. The highest BCUT2D eigenvalue weighted by Crippen LogP contribution is 2.44. The zero-order valence-corrected chi connectivity index (χ0v) is 15.4. The van der Waals surface area contributed by atoms with Crippen molar-refractivity contribution in [1.29, 1.82) is 0 Å². The number of nitrogens with zero attached hydrogens (tertiary/aromatic N) is 2. The van der Waals surface area contributed by atoms with Gasteiger partial charge >= 0.3 is 0 Å². The Kier molecular flexibility index (Phi) is 5.22. The fraction of sp³-hybridized carbons (Fsp3) is 0.714. The summed E-state index contributed by atoms with van der Waals surface area (Å²) in [5, 5.41) is 1.52. The zero-order chi connectivity index (χ0) is 14.1. The first-order valence-corrected chi connectivity index (χ1v) is 10.4. The molecule has 1 saturated heterocycles. The Morgan fingerprint density at radius 3 is 2.55 bits per heavy atom. The lowest BCUT2D eigenvalue weighted by atomic mass is 10.0. The van der Waals surface area contributed by atoms with Gasteiger partial charge in [-0.3, -0.25) is 0 Å². The Bertz CT molecular complexity index is 494. The maximum atomic E-state index is 6.35. The van der Waals surface area contributed by atoms with Crippen LogP contribution >= 0.6 is 51.1 Å². The molecule has 0 amide bonds. The van der Waals surface area contributed by atoms with Gasteiger partial charge in [-0.1, -0.05) is 31.4 Å². The van der Waals surface area contributed by atoms with Crippen LogP contribution in [0.4, 0.5) is 0 Å². The van der Waals surface area contributed by atoms with Gasteiger partial charge in [0.2, 0.25) is 0 Å². The second-order valence-electron chi connectivity index (χ2n) is 5.42. The first kappa shape index (κ1) is 15.4. The molecule has 0 spiro atoms. The molecule has 110 valence electrons. The van der Waals surface area contributed by atoms with Gasteiger partial charge in [0.05, 0.1) is 15.4 Å². The quantitative estimate of drug-likeness (QED) is 0.623. The van der Waals surface area contributed by atoms with Crippen LogP contribution in [0.15, 0.2) is 4.47 Å². The van der Waals surface area contributed by atoms with Crippen LogP contribution in [-0.2, 0) is 0 Å². The van der Waals surface area contributed by atoms with Crippen molar-refractivity contribution in [1.82, 2.24) is 9.97 Å². The monoisotopic (exact) mass is 392 g/mol. The van der Waals surface area contributed by atoms with Crippen molar-refractivity contribution in [2.75, 3.05) is 11.5 Å². The van der Waals surface area contributed by atoms with E-state index >= 15 is 0 Å². The Labute approximate surface area is 142 Å². The molecule has 0 radical (unpaired) electrons. The van der Waals surface area contributed by atoms with Crippen LogP contribution in [0.2, 0.25) is 5.15 Å². The second-order valence-corrected chi connectivity index (χ2v) is 9.31. The number of rotatable bonds is 2. The predicted molar refractivity (Wildman–Crippen MR) is 93.1 cm³/mol. The van der Waals surface area contributed by atoms with E-state index in [1.165, 1.54) is 37.2 Å². The third kappa shape index (κ3) is 3.16. The van der Waals surface area contributed by atoms with Crippen LogP contribution in [0.3, 0.4) is 0 Å². The van der Waals surface area contributed by atoms with Crippen molar-refractivity contribution in [2.24, 2.45) is 0 Å². The maximum absolute atomic E-state index is 6.35. The lowest BCUT2D eigenvalue weighted by Crippen LogP contribution is -2.19. The molecule has 1 aromatic rings. The molecular formula is C14H18BrClN2S2. The summed E-state index contributed by atoms with van der Waals surface area (Å²) in [6.07, 6.45) is 5.07. The van der Waals surface area contributed by atoms with E-state index in [1.807, 2.05) is 23.5 Å². The van der Waals surface area contributed by atoms with Gasteiger partial charge < -0.3 is 0 Å². The normalized spacial score (nSPS) is 27.9. The summed E-state index contributed by atoms with van der Waals surface area (Å²) in [5.41, 5.74) is 1.14. The molecule has 2 aliphatic rings. The maximum Gasteiger partial charge on any atom is 0.147 e. The van der Waals surface area contributed by atoms with Gasteiger partial charge in [-0.2, -0.15) is 11.8 Å². The molecule has 0 aromatic carbocycles.